The van der Waals surface area contributed by atoms with Gasteiger partial charge in [0.25, 0.3) is 11.7 Å². The zero-order chi connectivity index (χ0) is 22.0. The maximum Gasteiger partial charge on any atom is 0.295 e. The van der Waals surface area contributed by atoms with Crippen molar-refractivity contribution in [2.45, 2.75) is 6.04 Å². The summed E-state index contributed by atoms with van der Waals surface area (Å²) in [6.07, 6.45) is 0. The van der Waals surface area contributed by atoms with Crippen molar-refractivity contribution in [2.75, 3.05) is 34.3 Å². The average Bonchev–Trinajstić information content (AvgIpc) is 2.96. The Hall–Kier alpha value is -2.90. The standard InChI is InChI=1S/C22H22ClFN2O4/c1-25(2)10-11-26-19(13-4-7-15(24)8-5-13)18(21(28)22(26)29)20(27)14-6-9-17(30-3)16(23)12-14/h4-9,12,19,27H,10-11H2,1-3H3/t19-/m1/s1. The van der Waals surface area contributed by atoms with E-state index in [-0.39, 0.29) is 28.5 Å². The molecule has 0 unspecified atom stereocenters. The van der Waals surface area contributed by atoms with Gasteiger partial charge < -0.3 is 19.6 Å². The molecule has 1 atom stereocenters. The molecule has 0 spiro atoms. The zero-order valence-electron chi connectivity index (χ0n) is 16.9. The fraction of sp³-hybridized carbons (Fsp3) is 0.273. The maximum atomic E-state index is 13.5. The van der Waals surface area contributed by atoms with Crippen LogP contribution in [0.4, 0.5) is 4.39 Å². The molecule has 0 aliphatic carbocycles. The molecule has 1 aliphatic heterocycles. The summed E-state index contributed by atoms with van der Waals surface area (Å²) in [5, 5.41) is 11.2. The number of halogens is 2. The molecular weight excluding hydrogens is 411 g/mol. The first-order valence-electron chi connectivity index (χ1n) is 9.27. The van der Waals surface area contributed by atoms with Crippen LogP contribution >= 0.6 is 11.6 Å². The Morgan fingerprint density at radius 2 is 1.87 bits per heavy atom. The van der Waals surface area contributed by atoms with Crippen LogP contribution in [0.2, 0.25) is 5.02 Å². The second-order valence-corrected chi connectivity index (χ2v) is 7.60. The highest BCUT2D eigenvalue weighted by atomic mass is 35.5. The summed E-state index contributed by atoms with van der Waals surface area (Å²) in [6.45, 7) is 0.777. The van der Waals surface area contributed by atoms with Gasteiger partial charge in [-0.1, -0.05) is 23.7 Å². The van der Waals surface area contributed by atoms with Crippen LogP contribution in [0.3, 0.4) is 0 Å². The van der Waals surface area contributed by atoms with E-state index in [2.05, 4.69) is 0 Å². The van der Waals surface area contributed by atoms with Gasteiger partial charge in [0.05, 0.1) is 23.7 Å². The Labute approximate surface area is 179 Å². The number of likely N-dealkylation sites (N-methyl/N-ethyl adjacent to an activating group) is 1. The number of hydrogen-bond acceptors (Lipinski definition) is 5. The molecule has 6 nitrogen and oxygen atoms in total. The van der Waals surface area contributed by atoms with Crippen LogP contribution in [0.15, 0.2) is 48.0 Å². The van der Waals surface area contributed by atoms with Crippen LogP contribution in [-0.2, 0) is 9.59 Å². The van der Waals surface area contributed by atoms with Gasteiger partial charge in [0.1, 0.15) is 17.3 Å². The number of nitrogens with zero attached hydrogens (tertiary/aromatic N) is 2. The highest BCUT2D eigenvalue weighted by molar-refractivity contribution is 6.46. The van der Waals surface area contributed by atoms with E-state index in [1.165, 1.54) is 42.3 Å². The van der Waals surface area contributed by atoms with Crippen LogP contribution in [0.5, 0.6) is 5.75 Å². The van der Waals surface area contributed by atoms with Crippen molar-refractivity contribution < 1.29 is 23.8 Å². The SMILES string of the molecule is COc1ccc(C(O)=C2C(=O)C(=O)N(CCN(C)C)[C@@H]2c2ccc(F)cc2)cc1Cl. The molecule has 1 aliphatic rings. The lowest BCUT2D eigenvalue weighted by molar-refractivity contribution is -0.140. The van der Waals surface area contributed by atoms with Crippen molar-refractivity contribution in [2.24, 2.45) is 0 Å². The number of aliphatic hydroxyl groups excluding tert-OH is 1. The second-order valence-electron chi connectivity index (χ2n) is 7.20. The largest absolute Gasteiger partial charge is 0.507 e. The van der Waals surface area contributed by atoms with Gasteiger partial charge in [-0.15, -0.1) is 0 Å². The molecule has 0 bridgehead atoms. The molecule has 1 fully saturated rings. The first-order chi connectivity index (χ1) is 14.2. The molecular formula is C22H22ClFN2O4. The van der Waals surface area contributed by atoms with Crippen molar-refractivity contribution in [1.82, 2.24) is 9.80 Å². The number of methoxy groups -OCH3 is 1. The lowest BCUT2D eigenvalue weighted by Crippen LogP contribution is -2.35. The van der Waals surface area contributed by atoms with Gasteiger partial charge >= 0.3 is 0 Å². The van der Waals surface area contributed by atoms with E-state index < -0.39 is 23.5 Å². The normalized spacial score (nSPS) is 18.3. The summed E-state index contributed by atoms with van der Waals surface area (Å²) in [4.78, 5) is 28.9. The third kappa shape index (κ3) is 4.17. The minimum Gasteiger partial charge on any atom is -0.507 e. The van der Waals surface area contributed by atoms with Crippen molar-refractivity contribution in [3.63, 3.8) is 0 Å². The Morgan fingerprint density at radius 3 is 2.43 bits per heavy atom. The van der Waals surface area contributed by atoms with Crippen LogP contribution in [0.25, 0.3) is 5.76 Å². The number of ether oxygens (including phenoxy) is 1. The number of benzene rings is 2. The Balaban J connectivity index is 2.14. The molecule has 8 heteroatoms. The van der Waals surface area contributed by atoms with Gasteiger partial charge in [0.15, 0.2) is 0 Å². The molecule has 1 amide bonds. The predicted molar refractivity (Wildman–Crippen MR) is 112 cm³/mol. The Kier molecular flexibility index (Phi) is 6.43. The van der Waals surface area contributed by atoms with E-state index in [0.29, 0.717) is 17.9 Å². The Morgan fingerprint density at radius 1 is 1.20 bits per heavy atom. The molecule has 3 rings (SSSR count). The monoisotopic (exact) mass is 432 g/mol. The summed E-state index contributed by atoms with van der Waals surface area (Å²) < 4.78 is 18.6. The van der Waals surface area contributed by atoms with E-state index >= 15 is 0 Å². The lowest BCUT2D eigenvalue weighted by atomic mass is 9.95. The van der Waals surface area contributed by atoms with Gasteiger partial charge in [0.2, 0.25) is 0 Å². The van der Waals surface area contributed by atoms with Crippen molar-refractivity contribution in [1.29, 1.82) is 0 Å². The van der Waals surface area contributed by atoms with Crippen molar-refractivity contribution >= 4 is 29.1 Å². The highest BCUT2D eigenvalue weighted by Crippen LogP contribution is 2.40. The summed E-state index contributed by atoms with van der Waals surface area (Å²) in [6, 6.07) is 9.25. The molecule has 0 saturated carbocycles. The van der Waals surface area contributed by atoms with Crippen LogP contribution < -0.4 is 4.74 Å². The zero-order valence-corrected chi connectivity index (χ0v) is 17.6. The van der Waals surface area contributed by atoms with E-state index in [4.69, 9.17) is 16.3 Å². The van der Waals surface area contributed by atoms with Crippen LogP contribution in [0, 0.1) is 5.82 Å². The fourth-order valence-corrected chi connectivity index (χ4v) is 3.64. The van der Waals surface area contributed by atoms with Gasteiger partial charge in [-0.05, 0) is 50.0 Å². The van der Waals surface area contributed by atoms with E-state index in [1.54, 1.807) is 12.1 Å². The molecule has 30 heavy (non-hydrogen) atoms. The number of likely N-dealkylation sites (tertiary alicyclic amines) is 1. The van der Waals surface area contributed by atoms with E-state index in [0.717, 1.165) is 0 Å². The maximum absolute atomic E-state index is 13.5. The first-order valence-corrected chi connectivity index (χ1v) is 9.65. The number of amides is 1. The van der Waals surface area contributed by atoms with E-state index in [1.807, 2.05) is 19.0 Å². The van der Waals surface area contributed by atoms with Crippen molar-refractivity contribution in [3.8, 4) is 5.75 Å². The highest BCUT2D eigenvalue weighted by Gasteiger charge is 2.45. The third-order valence-corrected chi connectivity index (χ3v) is 5.23. The molecule has 2 aromatic rings. The summed E-state index contributed by atoms with van der Waals surface area (Å²) in [7, 11) is 5.16. The quantitative estimate of drug-likeness (QED) is 0.430. The predicted octanol–water partition coefficient (Wildman–Crippen LogP) is 3.47. The number of rotatable bonds is 6. The topological polar surface area (TPSA) is 70.1 Å². The van der Waals surface area contributed by atoms with Gasteiger partial charge in [0, 0.05) is 18.7 Å². The lowest BCUT2D eigenvalue weighted by Gasteiger charge is -2.26. The third-order valence-electron chi connectivity index (χ3n) is 4.94. The van der Waals surface area contributed by atoms with Gasteiger partial charge in [-0.3, -0.25) is 9.59 Å². The molecule has 1 heterocycles. The number of Topliss-reactive ketones (excluding diaryl/α,β-unsaturated/α-hetero) is 1. The van der Waals surface area contributed by atoms with Gasteiger partial charge in [-0.2, -0.15) is 0 Å². The Bertz CT molecular complexity index is 1000. The molecule has 1 saturated heterocycles. The summed E-state index contributed by atoms with van der Waals surface area (Å²) in [5.41, 5.74) is 0.737. The molecule has 2 aromatic carbocycles. The summed E-state index contributed by atoms with van der Waals surface area (Å²) >= 11 is 6.16. The summed E-state index contributed by atoms with van der Waals surface area (Å²) in [5.74, 6) is -1.89. The molecule has 158 valence electrons. The minimum atomic E-state index is -0.841. The number of hydrogen-bond donors (Lipinski definition) is 1. The number of aliphatic hydroxyl groups is 1. The smallest absolute Gasteiger partial charge is 0.295 e. The van der Waals surface area contributed by atoms with Crippen LogP contribution in [0.1, 0.15) is 17.2 Å². The van der Waals surface area contributed by atoms with Gasteiger partial charge in [-0.25, -0.2) is 4.39 Å². The van der Waals surface area contributed by atoms with Crippen LogP contribution in [-0.4, -0.2) is 60.9 Å². The van der Waals surface area contributed by atoms with E-state index in [9.17, 15) is 19.1 Å². The number of carbonyl (C=O) groups excluding carboxylic acids is 2. The minimum absolute atomic E-state index is 0.0633. The fourth-order valence-electron chi connectivity index (χ4n) is 3.38. The molecule has 1 N–H and O–H groups in total. The average molecular weight is 433 g/mol. The molecule has 0 aromatic heterocycles. The first kappa shape index (κ1) is 21.8. The number of carbonyl (C=O) groups is 2. The second kappa shape index (κ2) is 8.85. The molecule has 0 radical (unpaired) electrons. The van der Waals surface area contributed by atoms with Crippen molar-refractivity contribution in [3.05, 3.63) is 70.0 Å². The number of ketones is 1.